The number of hydrogen-bond donors (Lipinski definition) is 2. The van der Waals surface area contributed by atoms with Gasteiger partial charge in [0.25, 0.3) is 5.91 Å². The second-order valence-electron chi connectivity index (χ2n) is 10.3. The molecule has 2 aromatic heterocycles. The van der Waals surface area contributed by atoms with E-state index in [2.05, 4.69) is 9.97 Å². The molecule has 40 heavy (non-hydrogen) atoms. The zero-order valence-electron chi connectivity index (χ0n) is 22.2. The number of likely N-dealkylation sites (tertiary alicyclic amines) is 1. The van der Waals surface area contributed by atoms with Gasteiger partial charge >= 0.3 is 0 Å². The lowest BCUT2D eigenvalue weighted by atomic mass is 10.0. The van der Waals surface area contributed by atoms with E-state index >= 15 is 4.39 Å². The summed E-state index contributed by atoms with van der Waals surface area (Å²) in [5.41, 5.74) is 12.3. The number of para-hydroxylation sites is 1. The first kappa shape index (κ1) is 26.8. The van der Waals surface area contributed by atoms with Crippen LogP contribution in [0.15, 0.2) is 66.5 Å². The normalized spacial score (nSPS) is 15.8. The topological polar surface area (TPSA) is 149 Å². The van der Waals surface area contributed by atoms with E-state index in [1.54, 1.807) is 47.7 Å². The Balaban J connectivity index is 1.48. The molecule has 3 heterocycles. The molecule has 11 heteroatoms. The first-order valence-corrected chi connectivity index (χ1v) is 12.9. The molecule has 1 aliphatic heterocycles. The summed E-state index contributed by atoms with van der Waals surface area (Å²) in [4.78, 5) is 23.4. The molecule has 0 aliphatic carbocycles. The number of halogens is 1. The number of nitrogens with two attached hydrogens (primary N) is 2. The van der Waals surface area contributed by atoms with Crippen molar-refractivity contribution in [1.29, 1.82) is 5.26 Å². The summed E-state index contributed by atoms with van der Waals surface area (Å²) in [5, 5.41) is 14.7. The number of anilines is 1. The Labute approximate surface area is 230 Å². The second kappa shape index (κ2) is 10.7. The van der Waals surface area contributed by atoms with Crippen LogP contribution >= 0.6 is 0 Å². The number of fused-ring (bicyclic) bond motifs is 1. The van der Waals surface area contributed by atoms with Gasteiger partial charge in [-0.05, 0) is 57.0 Å². The van der Waals surface area contributed by atoms with E-state index in [1.165, 1.54) is 18.5 Å². The molecular weight excluding hydrogens is 511 g/mol. The van der Waals surface area contributed by atoms with E-state index in [1.807, 2.05) is 24.3 Å². The van der Waals surface area contributed by atoms with Crippen molar-refractivity contribution in [2.45, 2.75) is 44.8 Å². The Hall–Kier alpha value is -4.82. The van der Waals surface area contributed by atoms with Crippen molar-refractivity contribution < 1.29 is 13.9 Å². The van der Waals surface area contributed by atoms with Gasteiger partial charge in [0, 0.05) is 23.7 Å². The summed E-state index contributed by atoms with van der Waals surface area (Å²) in [6.45, 7) is 4.22. The first-order valence-electron chi connectivity index (χ1n) is 12.9. The molecule has 0 bridgehead atoms. The van der Waals surface area contributed by atoms with Crippen molar-refractivity contribution in [3.05, 3.63) is 72.3 Å². The van der Waals surface area contributed by atoms with Crippen molar-refractivity contribution in [2.75, 3.05) is 12.3 Å². The quantitative estimate of drug-likeness (QED) is 0.262. The van der Waals surface area contributed by atoms with Crippen molar-refractivity contribution in [3.8, 4) is 28.8 Å². The van der Waals surface area contributed by atoms with Crippen molar-refractivity contribution in [2.24, 2.45) is 5.73 Å². The maximum absolute atomic E-state index is 15.4. The highest BCUT2D eigenvalue weighted by molar-refractivity contribution is 5.99. The third-order valence-electron chi connectivity index (χ3n) is 6.62. The van der Waals surface area contributed by atoms with E-state index in [9.17, 15) is 10.1 Å². The monoisotopic (exact) mass is 540 g/mol. The van der Waals surface area contributed by atoms with E-state index < -0.39 is 11.4 Å². The number of amides is 1. The number of nitriles is 1. The summed E-state index contributed by atoms with van der Waals surface area (Å²) in [5.74, 6) is 0.155. The van der Waals surface area contributed by atoms with E-state index in [-0.39, 0.29) is 41.1 Å². The Kier molecular flexibility index (Phi) is 7.19. The summed E-state index contributed by atoms with van der Waals surface area (Å²) in [6, 6.07) is 15.3. The molecule has 204 valence electrons. The molecule has 1 amide bonds. The highest BCUT2D eigenvalue weighted by Gasteiger charge is 2.33. The molecule has 1 saturated heterocycles. The Morgan fingerprint density at radius 2 is 2.00 bits per heavy atom. The average Bonchev–Trinajstić information content (AvgIpc) is 3.53. The van der Waals surface area contributed by atoms with Crippen molar-refractivity contribution in [1.82, 2.24) is 24.6 Å². The van der Waals surface area contributed by atoms with Crippen LogP contribution in [-0.2, 0) is 11.3 Å². The molecule has 10 nitrogen and oxygen atoms in total. The van der Waals surface area contributed by atoms with Gasteiger partial charge in [0.2, 0.25) is 0 Å². The zero-order valence-corrected chi connectivity index (χ0v) is 22.2. The number of aromatic nitrogens is 4. The summed E-state index contributed by atoms with van der Waals surface area (Å²) in [6.07, 6.45) is 4.27. The molecule has 0 radical (unpaired) electrons. The predicted octanol–water partition coefficient (Wildman–Crippen LogP) is 4.19. The lowest BCUT2D eigenvalue weighted by molar-refractivity contribution is -0.127. The Morgan fingerprint density at radius 1 is 1.23 bits per heavy atom. The van der Waals surface area contributed by atoms with E-state index in [4.69, 9.17) is 21.3 Å². The van der Waals surface area contributed by atoms with Crippen LogP contribution in [0, 0.1) is 17.1 Å². The first-order chi connectivity index (χ1) is 19.1. The number of hydrogen-bond acceptors (Lipinski definition) is 8. The van der Waals surface area contributed by atoms with Crippen LogP contribution in [0.4, 0.5) is 10.2 Å². The molecule has 4 aromatic rings. The molecule has 0 spiro atoms. The molecule has 4 N–H and O–H groups in total. The molecule has 1 fully saturated rings. The van der Waals surface area contributed by atoms with E-state index in [0.29, 0.717) is 35.5 Å². The molecule has 0 saturated carbocycles. The molecule has 1 atom stereocenters. The van der Waals surface area contributed by atoms with Gasteiger partial charge in [-0.3, -0.25) is 4.79 Å². The van der Waals surface area contributed by atoms with Crippen LogP contribution in [0.3, 0.4) is 0 Å². The third-order valence-corrected chi connectivity index (χ3v) is 6.62. The smallest absolute Gasteiger partial charge is 0.264 e. The maximum atomic E-state index is 15.4. The minimum absolute atomic E-state index is 0.00290. The minimum Gasteiger partial charge on any atom is -0.457 e. The SMILES string of the molecule is CC(C)(N)C=C(C#N)C(=O)N1CCCC1Cn1nc(-c2ccc(Oc3ccccc3)cc2F)c2c(N)ncnc21. The summed E-state index contributed by atoms with van der Waals surface area (Å²) < 4.78 is 22.8. The largest absolute Gasteiger partial charge is 0.457 e. The molecule has 1 unspecified atom stereocenters. The van der Waals surface area contributed by atoms with Crippen molar-refractivity contribution in [3.63, 3.8) is 0 Å². The van der Waals surface area contributed by atoms with Gasteiger partial charge in [-0.2, -0.15) is 10.4 Å². The van der Waals surface area contributed by atoms with Gasteiger partial charge in [0.05, 0.1) is 18.0 Å². The standard InChI is InChI=1S/C29H29FN8O2/c1-29(2,33)14-18(15-31)28(39)37-12-6-7-19(37)16-38-27-24(26(32)34-17-35-27)25(36-38)22-11-10-21(13-23(22)30)40-20-8-4-3-5-9-20/h3-5,8-11,13-14,17,19H,6-7,12,16,33H2,1-2H3,(H2,32,34,35). The van der Waals surface area contributed by atoms with Gasteiger partial charge in [0.1, 0.15) is 46.8 Å². The van der Waals surface area contributed by atoms with Crippen LogP contribution in [0.25, 0.3) is 22.3 Å². The fourth-order valence-corrected chi connectivity index (χ4v) is 4.88. The number of carbonyl (C=O) groups excluding carboxylic acids is 1. The van der Waals surface area contributed by atoms with Crippen LogP contribution in [0.5, 0.6) is 11.5 Å². The number of carbonyl (C=O) groups is 1. The number of nitrogens with zero attached hydrogens (tertiary/aromatic N) is 6. The van der Waals surface area contributed by atoms with Crippen LogP contribution in [0.1, 0.15) is 26.7 Å². The number of nitrogen functional groups attached to an aromatic ring is 1. The van der Waals surface area contributed by atoms with Gasteiger partial charge in [-0.1, -0.05) is 18.2 Å². The fourth-order valence-electron chi connectivity index (χ4n) is 4.88. The Morgan fingerprint density at radius 3 is 2.70 bits per heavy atom. The third kappa shape index (κ3) is 5.48. The number of ether oxygens (including phenoxy) is 1. The lowest BCUT2D eigenvalue weighted by Crippen LogP contribution is -2.40. The molecule has 5 rings (SSSR count). The van der Waals surface area contributed by atoms with Crippen LogP contribution in [0.2, 0.25) is 0 Å². The van der Waals surface area contributed by atoms with Crippen LogP contribution in [-0.4, -0.2) is 48.7 Å². The van der Waals surface area contributed by atoms with Gasteiger partial charge in [0.15, 0.2) is 5.65 Å². The lowest BCUT2D eigenvalue weighted by Gasteiger charge is -2.25. The maximum Gasteiger partial charge on any atom is 0.264 e. The highest BCUT2D eigenvalue weighted by atomic mass is 19.1. The second-order valence-corrected chi connectivity index (χ2v) is 10.3. The van der Waals surface area contributed by atoms with Gasteiger partial charge in [-0.15, -0.1) is 0 Å². The van der Waals surface area contributed by atoms with Gasteiger partial charge in [-0.25, -0.2) is 19.0 Å². The molecule has 1 aliphatic rings. The number of benzene rings is 2. The molecule has 2 aromatic carbocycles. The average molecular weight is 541 g/mol. The Bertz CT molecular complexity index is 1640. The zero-order chi connectivity index (χ0) is 28.4. The van der Waals surface area contributed by atoms with E-state index in [0.717, 1.165) is 6.42 Å². The predicted molar refractivity (Wildman–Crippen MR) is 148 cm³/mol. The minimum atomic E-state index is -0.816. The summed E-state index contributed by atoms with van der Waals surface area (Å²) >= 11 is 0. The van der Waals surface area contributed by atoms with Crippen LogP contribution < -0.4 is 16.2 Å². The summed E-state index contributed by atoms with van der Waals surface area (Å²) in [7, 11) is 0. The van der Waals surface area contributed by atoms with Gasteiger partial charge < -0.3 is 21.1 Å². The molecular formula is C29H29FN8O2. The van der Waals surface area contributed by atoms with Crippen molar-refractivity contribution >= 4 is 22.8 Å². The highest BCUT2D eigenvalue weighted by Crippen LogP contribution is 2.35. The fraction of sp³-hybridized carbons (Fsp3) is 0.276. The number of rotatable bonds is 7.